The predicted molar refractivity (Wildman–Crippen MR) is 68.3 cm³/mol. The smallest absolute Gasteiger partial charge is 0.411 e. The molecular weight excluding hydrogens is 234 g/mol. The first-order valence-electron chi connectivity index (χ1n) is 6.05. The second-order valence-electron chi connectivity index (χ2n) is 6.19. The van der Waals surface area contributed by atoms with Crippen LogP contribution in [0.15, 0.2) is 12.3 Å². The van der Waals surface area contributed by atoms with Gasteiger partial charge in [0.15, 0.2) is 0 Å². The molecule has 1 saturated heterocycles. The van der Waals surface area contributed by atoms with Gasteiger partial charge in [-0.3, -0.25) is 4.90 Å². The van der Waals surface area contributed by atoms with Gasteiger partial charge in [0, 0.05) is 5.92 Å². The van der Waals surface area contributed by atoms with Crippen molar-refractivity contribution in [2.75, 3.05) is 6.54 Å². The highest BCUT2D eigenvalue weighted by Crippen LogP contribution is 2.36. The van der Waals surface area contributed by atoms with Crippen LogP contribution in [0.1, 0.15) is 34.6 Å². The molecule has 1 rings (SSSR count). The lowest BCUT2D eigenvalue weighted by Crippen LogP contribution is -2.42. The van der Waals surface area contributed by atoms with E-state index < -0.39 is 23.3 Å². The van der Waals surface area contributed by atoms with Gasteiger partial charge in [0.1, 0.15) is 11.4 Å². The molecule has 18 heavy (non-hydrogen) atoms. The molecule has 1 aliphatic rings. The minimum absolute atomic E-state index is 0.118. The van der Waals surface area contributed by atoms with E-state index in [0.29, 0.717) is 0 Å². The van der Waals surface area contributed by atoms with Gasteiger partial charge in [-0.05, 0) is 27.7 Å². The molecule has 1 fully saturated rings. The van der Waals surface area contributed by atoms with Gasteiger partial charge in [0.05, 0.1) is 18.2 Å². The van der Waals surface area contributed by atoms with Crippen LogP contribution < -0.4 is 0 Å². The van der Waals surface area contributed by atoms with Crippen LogP contribution in [0.2, 0.25) is 0 Å². The topological polar surface area (TPSA) is 70.0 Å². The first-order chi connectivity index (χ1) is 7.96. The van der Waals surface area contributed by atoms with E-state index in [-0.39, 0.29) is 18.2 Å². The molecule has 104 valence electrons. The zero-order valence-electron chi connectivity index (χ0n) is 11.7. The fraction of sp³-hybridized carbons (Fsp3) is 0.769. The molecule has 1 amide bonds. The Labute approximate surface area is 108 Å². The number of ether oxygens (including phenoxy) is 1. The van der Waals surface area contributed by atoms with Gasteiger partial charge in [0.25, 0.3) is 0 Å². The Balaban J connectivity index is 2.94. The highest BCUT2D eigenvalue weighted by Gasteiger charge is 2.50. The Morgan fingerprint density at radius 1 is 1.50 bits per heavy atom. The summed E-state index contributed by atoms with van der Waals surface area (Å²) in [6, 6.07) is -0.616. The molecule has 5 heteroatoms. The van der Waals surface area contributed by atoms with Crippen molar-refractivity contribution in [1.82, 2.24) is 4.90 Å². The maximum absolute atomic E-state index is 12.0. The lowest BCUT2D eigenvalue weighted by molar-refractivity contribution is 0.0138. The van der Waals surface area contributed by atoms with Crippen LogP contribution in [0.4, 0.5) is 4.79 Å². The summed E-state index contributed by atoms with van der Waals surface area (Å²) in [5.74, 6) is -0.436. The molecule has 3 atom stereocenters. The molecule has 0 aromatic carbocycles. The average molecular weight is 257 g/mol. The molecule has 0 spiro atoms. The first kappa shape index (κ1) is 14.8. The molecule has 2 N–H and O–H groups in total. The van der Waals surface area contributed by atoms with E-state index in [2.05, 4.69) is 6.58 Å². The molecule has 0 aromatic heterocycles. The normalized spacial score (nSPS) is 32.4. The van der Waals surface area contributed by atoms with Crippen LogP contribution in [-0.2, 0) is 4.74 Å². The second-order valence-corrected chi connectivity index (χ2v) is 6.19. The van der Waals surface area contributed by atoms with Gasteiger partial charge in [-0.1, -0.05) is 13.5 Å². The zero-order chi connectivity index (χ0) is 14.3. The van der Waals surface area contributed by atoms with E-state index in [9.17, 15) is 15.0 Å². The van der Waals surface area contributed by atoms with Crippen molar-refractivity contribution in [2.45, 2.75) is 51.9 Å². The van der Waals surface area contributed by atoms with Gasteiger partial charge in [0.2, 0.25) is 0 Å². The molecular formula is C13H23NO4. The molecule has 5 nitrogen and oxygen atoms in total. The van der Waals surface area contributed by atoms with E-state index in [0.717, 1.165) is 0 Å². The van der Waals surface area contributed by atoms with E-state index in [4.69, 9.17) is 4.74 Å². The van der Waals surface area contributed by atoms with Crippen LogP contribution in [-0.4, -0.2) is 45.0 Å². The third-order valence-corrected chi connectivity index (χ3v) is 3.25. The Kier molecular flexibility index (Phi) is 3.68. The summed E-state index contributed by atoms with van der Waals surface area (Å²) in [6.07, 6.45) is -0.549. The zero-order valence-corrected chi connectivity index (χ0v) is 11.7. The summed E-state index contributed by atoms with van der Waals surface area (Å²) in [7, 11) is 0. The Morgan fingerprint density at radius 2 is 2.00 bits per heavy atom. The third kappa shape index (κ3) is 2.96. The molecule has 0 aromatic rings. The quantitative estimate of drug-likeness (QED) is 0.705. The number of aliphatic hydroxyl groups is 2. The molecule has 0 radical (unpaired) electrons. The number of hydrogen-bond acceptors (Lipinski definition) is 4. The van der Waals surface area contributed by atoms with Crippen molar-refractivity contribution in [3.63, 3.8) is 0 Å². The van der Waals surface area contributed by atoms with Gasteiger partial charge < -0.3 is 14.9 Å². The number of amides is 1. The summed E-state index contributed by atoms with van der Waals surface area (Å²) < 4.78 is 5.27. The molecule has 0 saturated carbocycles. The summed E-state index contributed by atoms with van der Waals surface area (Å²) in [6.45, 7) is 12.3. The predicted octanol–water partition coefficient (Wildman–Crippen LogP) is 2.06. The van der Waals surface area contributed by atoms with Crippen LogP contribution in [0, 0.1) is 5.92 Å². The number of β-amino-alcohol motifs (C(OH)–C–C–N with tert-alkyl or cyclic N) is 1. The van der Waals surface area contributed by atoms with Crippen molar-refractivity contribution < 1.29 is 19.7 Å². The van der Waals surface area contributed by atoms with Crippen molar-refractivity contribution in [3.8, 4) is 0 Å². The maximum Gasteiger partial charge on any atom is 0.411 e. The number of hydrogen-bond donors (Lipinski definition) is 2. The van der Waals surface area contributed by atoms with Gasteiger partial charge >= 0.3 is 6.09 Å². The Bertz CT molecular complexity index is 356. The number of rotatable bonds is 1. The standard InChI is InChI=1S/C13H23NO4/c1-8-10(9(2)15)14(7-13(8,6)17)11(16)18-12(3,4)5/h8,10,15,17H,2,7H2,1,3-6H3/t8-,10-,13-/m0/s1. The lowest BCUT2D eigenvalue weighted by Gasteiger charge is -2.28. The summed E-state index contributed by atoms with van der Waals surface area (Å²) in [4.78, 5) is 13.4. The first-order valence-corrected chi connectivity index (χ1v) is 6.05. The average Bonchev–Trinajstić information content (AvgIpc) is 2.35. The summed E-state index contributed by atoms with van der Waals surface area (Å²) >= 11 is 0. The largest absolute Gasteiger partial charge is 0.511 e. The van der Waals surface area contributed by atoms with Crippen molar-refractivity contribution in [3.05, 3.63) is 12.3 Å². The van der Waals surface area contributed by atoms with Crippen molar-refractivity contribution in [1.29, 1.82) is 0 Å². The number of likely N-dealkylation sites (tertiary alicyclic amines) is 1. The van der Waals surface area contributed by atoms with E-state index in [1.165, 1.54) is 4.90 Å². The van der Waals surface area contributed by atoms with Crippen molar-refractivity contribution >= 4 is 6.09 Å². The van der Waals surface area contributed by atoms with Crippen LogP contribution in [0.3, 0.4) is 0 Å². The van der Waals surface area contributed by atoms with E-state index in [1.807, 2.05) is 0 Å². The minimum atomic E-state index is -1.06. The molecule has 1 heterocycles. The Hall–Kier alpha value is -1.23. The van der Waals surface area contributed by atoms with Crippen LogP contribution >= 0.6 is 0 Å². The summed E-state index contributed by atoms with van der Waals surface area (Å²) in [5, 5.41) is 19.8. The molecule has 0 bridgehead atoms. The van der Waals surface area contributed by atoms with Gasteiger partial charge in [-0.15, -0.1) is 0 Å². The maximum atomic E-state index is 12.0. The van der Waals surface area contributed by atoms with Gasteiger partial charge in [-0.25, -0.2) is 4.79 Å². The summed E-state index contributed by atoms with van der Waals surface area (Å²) in [5.41, 5.74) is -1.68. The second kappa shape index (κ2) is 4.46. The van der Waals surface area contributed by atoms with E-state index >= 15 is 0 Å². The number of carbonyl (C=O) groups excluding carboxylic acids is 1. The van der Waals surface area contributed by atoms with E-state index in [1.54, 1.807) is 34.6 Å². The fourth-order valence-corrected chi connectivity index (χ4v) is 2.16. The highest BCUT2D eigenvalue weighted by atomic mass is 16.6. The van der Waals surface area contributed by atoms with Crippen LogP contribution in [0.25, 0.3) is 0 Å². The molecule has 0 aliphatic carbocycles. The lowest BCUT2D eigenvalue weighted by atomic mass is 9.89. The minimum Gasteiger partial charge on any atom is -0.511 e. The monoisotopic (exact) mass is 257 g/mol. The molecule has 0 unspecified atom stereocenters. The third-order valence-electron chi connectivity index (χ3n) is 3.25. The SMILES string of the molecule is C=C(O)[C@@H]1[C@H](C)[C@@](C)(O)CN1C(=O)OC(C)(C)C. The van der Waals surface area contributed by atoms with Crippen molar-refractivity contribution in [2.24, 2.45) is 5.92 Å². The van der Waals surface area contributed by atoms with Gasteiger partial charge in [-0.2, -0.15) is 0 Å². The van der Waals surface area contributed by atoms with Crippen LogP contribution in [0.5, 0.6) is 0 Å². The highest BCUT2D eigenvalue weighted by molar-refractivity contribution is 5.70. The molecule has 1 aliphatic heterocycles. The number of aliphatic hydroxyl groups excluding tert-OH is 1. The Morgan fingerprint density at radius 3 is 2.39 bits per heavy atom. The number of carbonyl (C=O) groups is 1. The number of nitrogens with zero attached hydrogens (tertiary/aromatic N) is 1. The fourth-order valence-electron chi connectivity index (χ4n) is 2.16.